The zero-order valence-corrected chi connectivity index (χ0v) is 5.87. The van der Waals surface area contributed by atoms with Crippen molar-refractivity contribution in [1.82, 2.24) is 5.32 Å². The minimum atomic E-state index is 0.142. The Balaban J connectivity index is 3.38. The number of allylic oxidation sites excluding steroid dienone is 1. The fourth-order valence-corrected chi connectivity index (χ4v) is 0.612. The van der Waals surface area contributed by atoms with Crippen LogP contribution in [-0.2, 0) is 4.79 Å². The van der Waals surface area contributed by atoms with Gasteiger partial charge < -0.3 is 5.32 Å². The maximum atomic E-state index is 9.69. The molecule has 1 amide bonds. The molecule has 0 fully saturated rings. The standard InChI is InChI=1S/C5H8N2OS/c1-2-3-9-5(6)7-4-8/h2-4H,1H3,(H2,6,7,8)/b3-2-. The molecule has 9 heavy (non-hydrogen) atoms. The van der Waals surface area contributed by atoms with E-state index in [1.807, 2.05) is 6.92 Å². The molecule has 0 saturated carbocycles. The first-order chi connectivity index (χ1) is 4.31. The second kappa shape index (κ2) is 5.37. The second-order valence-electron chi connectivity index (χ2n) is 1.18. The summed E-state index contributed by atoms with van der Waals surface area (Å²) in [6, 6.07) is 0. The van der Waals surface area contributed by atoms with Crippen molar-refractivity contribution in [2.45, 2.75) is 6.92 Å². The monoisotopic (exact) mass is 144 g/mol. The predicted molar refractivity (Wildman–Crippen MR) is 39.3 cm³/mol. The van der Waals surface area contributed by atoms with Gasteiger partial charge >= 0.3 is 0 Å². The maximum Gasteiger partial charge on any atom is 0.213 e. The van der Waals surface area contributed by atoms with Gasteiger partial charge in [-0.3, -0.25) is 10.2 Å². The highest BCUT2D eigenvalue weighted by Crippen LogP contribution is 1.99. The van der Waals surface area contributed by atoms with Crippen molar-refractivity contribution in [3.63, 3.8) is 0 Å². The summed E-state index contributed by atoms with van der Waals surface area (Å²) in [5.41, 5.74) is 0. The van der Waals surface area contributed by atoms with E-state index in [4.69, 9.17) is 5.41 Å². The van der Waals surface area contributed by atoms with Gasteiger partial charge in [0.05, 0.1) is 0 Å². The molecule has 0 aliphatic rings. The van der Waals surface area contributed by atoms with Crippen LogP contribution in [0.15, 0.2) is 11.5 Å². The Hall–Kier alpha value is -0.770. The van der Waals surface area contributed by atoms with Crippen molar-refractivity contribution in [1.29, 1.82) is 5.41 Å². The Morgan fingerprint density at radius 2 is 2.44 bits per heavy atom. The first-order valence-electron chi connectivity index (χ1n) is 2.37. The number of thioether (sulfide) groups is 1. The average Bonchev–Trinajstić information content (AvgIpc) is 1.85. The fourth-order valence-electron chi connectivity index (χ4n) is 0.224. The van der Waals surface area contributed by atoms with E-state index in [2.05, 4.69) is 5.32 Å². The molecule has 0 unspecified atom stereocenters. The lowest BCUT2D eigenvalue weighted by molar-refractivity contribution is -0.108. The minimum Gasteiger partial charge on any atom is -0.308 e. The van der Waals surface area contributed by atoms with Gasteiger partial charge in [0, 0.05) is 0 Å². The van der Waals surface area contributed by atoms with E-state index in [9.17, 15) is 4.79 Å². The molecule has 0 aromatic carbocycles. The van der Waals surface area contributed by atoms with E-state index in [-0.39, 0.29) is 5.17 Å². The molecule has 0 aliphatic heterocycles. The van der Waals surface area contributed by atoms with Gasteiger partial charge in [-0.05, 0) is 12.3 Å². The third kappa shape index (κ3) is 5.10. The van der Waals surface area contributed by atoms with Gasteiger partial charge in [-0.15, -0.1) is 0 Å². The van der Waals surface area contributed by atoms with Crippen LogP contribution in [0.1, 0.15) is 6.92 Å². The molecule has 0 rings (SSSR count). The summed E-state index contributed by atoms with van der Waals surface area (Å²) in [6.07, 6.45) is 2.28. The molecule has 0 heterocycles. The van der Waals surface area contributed by atoms with Crippen LogP contribution in [0, 0.1) is 5.41 Å². The van der Waals surface area contributed by atoms with Crippen molar-refractivity contribution in [2.24, 2.45) is 0 Å². The maximum absolute atomic E-state index is 9.69. The number of carbonyl (C=O) groups excluding carboxylic acids is 1. The molecule has 3 nitrogen and oxygen atoms in total. The second-order valence-corrected chi connectivity index (χ2v) is 2.09. The summed E-state index contributed by atoms with van der Waals surface area (Å²) in [4.78, 5) is 9.69. The predicted octanol–water partition coefficient (Wildman–Crippen LogP) is 0.934. The normalized spacial score (nSPS) is 9.44. The zero-order valence-electron chi connectivity index (χ0n) is 5.05. The van der Waals surface area contributed by atoms with E-state index in [0.717, 1.165) is 11.8 Å². The SMILES string of the molecule is C/C=C\SC(=N)NC=O. The van der Waals surface area contributed by atoms with Crippen molar-refractivity contribution in [2.75, 3.05) is 0 Å². The third-order valence-electron chi connectivity index (χ3n) is 0.512. The summed E-state index contributed by atoms with van der Waals surface area (Å²) >= 11 is 1.16. The van der Waals surface area contributed by atoms with Gasteiger partial charge in [-0.1, -0.05) is 17.8 Å². The van der Waals surface area contributed by atoms with Gasteiger partial charge in [0.25, 0.3) is 0 Å². The molecule has 2 N–H and O–H groups in total. The Labute approximate surface area is 58.0 Å². The number of hydrogen-bond donors (Lipinski definition) is 2. The Bertz CT molecular complexity index is 133. The molecule has 4 heteroatoms. The highest BCUT2D eigenvalue weighted by molar-refractivity contribution is 8.16. The fraction of sp³-hybridized carbons (Fsp3) is 0.200. The highest BCUT2D eigenvalue weighted by atomic mass is 32.2. The number of hydrogen-bond acceptors (Lipinski definition) is 3. The first-order valence-corrected chi connectivity index (χ1v) is 3.25. The lowest BCUT2D eigenvalue weighted by Gasteiger charge is -1.92. The summed E-state index contributed by atoms with van der Waals surface area (Å²) in [6.45, 7) is 1.85. The number of nitrogens with one attached hydrogen (secondary N) is 2. The van der Waals surface area contributed by atoms with Gasteiger partial charge in [0.2, 0.25) is 6.41 Å². The summed E-state index contributed by atoms with van der Waals surface area (Å²) in [5.74, 6) is 0. The van der Waals surface area contributed by atoms with E-state index < -0.39 is 0 Å². The molecule has 0 aromatic heterocycles. The van der Waals surface area contributed by atoms with Crippen molar-refractivity contribution in [3.05, 3.63) is 11.5 Å². The number of carbonyl (C=O) groups is 1. The molecular formula is C5H8N2OS. The van der Waals surface area contributed by atoms with Crippen LogP contribution in [0.5, 0.6) is 0 Å². The molecule has 0 bridgehead atoms. The minimum absolute atomic E-state index is 0.142. The summed E-state index contributed by atoms with van der Waals surface area (Å²) in [7, 11) is 0. The largest absolute Gasteiger partial charge is 0.308 e. The van der Waals surface area contributed by atoms with Crippen LogP contribution in [0.3, 0.4) is 0 Å². The number of amides is 1. The number of amidine groups is 1. The smallest absolute Gasteiger partial charge is 0.213 e. The van der Waals surface area contributed by atoms with Crippen molar-refractivity contribution in [3.8, 4) is 0 Å². The average molecular weight is 144 g/mol. The van der Waals surface area contributed by atoms with Gasteiger partial charge in [-0.2, -0.15) is 0 Å². The van der Waals surface area contributed by atoms with Crippen LogP contribution < -0.4 is 5.32 Å². The molecule has 50 valence electrons. The molecule has 0 radical (unpaired) electrons. The third-order valence-corrected chi connectivity index (χ3v) is 1.27. The number of rotatable bonds is 2. The lowest BCUT2D eigenvalue weighted by atomic mass is 10.8. The van der Waals surface area contributed by atoms with Crippen LogP contribution in [0.25, 0.3) is 0 Å². The summed E-state index contributed by atoms with van der Waals surface area (Å²) in [5, 5.41) is 11.0. The van der Waals surface area contributed by atoms with Crippen LogP contribution >= 0.6 is 11.8 Å². The van der Waals surface area contributed by atoms with Gasteiger partial charge in [0.15, 0.2) is 5.17 Å². The Morgan fingerprint density at radius 3 is 2.89 bits per heavy atom. The molecule has 0 saturated heterocycles. The van der Waals surface area contributed by atoms with Gasteiger partial charge in [0.1, 0.15) is 0 Å². The topological polar surface area (TPSA) is 53.0 Å². The van der Waals surface area contributed by atoms with Crippen LogP contribution in [0.4, 0.5) is 0 Å². The molecular weight excluding hydrogens is 136 g/mol. The van der Waals surface area contributed by atoms with Crippen LogP contribution in [-0.4, -0.2) is 11.6 Å². The lowest BCUT2D eigenvalue weighted by Crippen LogP contribution is -2.15. The zero-order chi connectivity index (χ0) is 7.11. The van der Waals surface area contributed by atoms with Crippen LogP contribution in [0.2, 0.25) is 0 Å². The van der Waals surface area contributed by atoms with E-state index in [1.165, 1.54) is 0 Å². The summed E-state index contributed by atoms with van der Waals surface area (Å²) < 4.78 is 0. The Kier molecular flexibility index (Phi) is 4.91. The van der Waals surface area contributed by atoms with Gasteiger partial charge in [-0.25, -0.2) is 0 Å². The van der Waals surface area contributed by atoms with E-state index in [1.54, 1.807) is 11.5 Å². The molecule has 0 aliphatic carbocycles. The first kappa shape index (κ1) is 8.23. The van der Waals surface area contributed by atoms with E-state index >= 15 is 0 Å². The molecule has 0 spiro atoms. The van der Waals surface area contributed by atoms with Crippen molar-refractivity contribution >= 4 is 23.3 Å². The van der Waals surface area contributed by atoms with E-state index in [0.29, 0.717) is 6.41 Å². The molecule has 0 aromatic rings. The van der Waals surface area contributed by atoms with Crippen molar-refractivity contribution < 1.29 is 4.79 Å². The molecule has 0 atom stereocenters. The highest BCUT2D eigenvalue weighted by Gasteiger charge is 1.87. The quantitative estimate of drug-likeness (QED) is 0.344. The Morgan fingerprint density at radius 1 is 1.78 bits per heavy atom.